The van der Waals surface area contributed by atoms with Gasteiger partial charge in [-0.15, -0.1) is 0 Å². The maximum Gasteiger partial charge on any atom is 0.243 e. The van der Waals surface area contributed by atoms with Gasteiger partial charge in [0.1, 0.15) is 11.5 Å². The van der Waals surface area contributed by atoms with Gasteiger partial charge in [0.05, 0.1) is 48.9 Å². The highest BCUT2D eigenvalue weighted by Gasteiger charge is 2.30. The highest BCUT2D eigenvalue weighted by Crippen LogP contribution is 2.37. The van der Waals surface area contributed by atoms with Crippen molar-refractivity contribution in [2.24, 2.45) is 0 Å². The van der Waals surface area contributed by atoms with Crippen molar-refractivity contribution < 1.29 is 27.0 Å². The van der Waals surface area contributed by atoms with E-state index in [4.69, 9.17) is 23.7 Å². The smallest absolute Gasteiger partial charge is 0.243 e. The van der Waals surface area contributed by atoms with E-state index >= 15 is 0 Å². The molecule has 9 nitrogen and oxygen atoms in total. The Balaban J connectivity index is 1.62. The lowest BCUT2D eigenvalue weighted by Gasteiger charge is -2.22. The van der Waals surface area contributed by atoms with Gasteiger partial charge < -0.3 is 18.6 Å². The summed E-state index contributed by atoms with van der Waals surface area (Å²) in [6, 6.07) is 26.5. The Labute approximate surface area is 233 Å². The van der Waals surface area contributed by atoms with Crippen LogP contribution < -0.4 is 14.2 Å². The molecule has 0 atom stereocenters. The average molecular weight is 560 g/mol. The molecule has 0 saturated heterocycles. The maximum absolute atomic E-state index is 14.0. The van der Waals surface area contributed by atoms with Crippen LogP contribution in [0.4, 0.5) is 0 Å². The summed E-state index contributed by atoms with van der Waals surface area (Å²) >= 11 is 0. The first-order valence-electron chi connectivity index (χ1n) is 12.5. The molecule has 0 unspecified atom stereocenters. The predicted molar refractivity (Wildman–Crippen MR) is 150 cm³/mol. The van der Waals surface area contributed by atoms with E-state index in [1.807, 2.05) is 49.4 Å². The SMILES string of the molecule is COc1ccc(S(=O)(=O)N(Cc2ccco2)Cc2c(C)nn(-c3ccccc3)c2Oc2ccccc2OC)cc1. The van der Waals surface area contributed by atoms with Gasteiger partial charge in [-0.25, -0.2) is 13.1 Å². The minimum atomic E-state index is -3.97. The van der Waals surface area contributed by atoms with Gasteiger partial charge in [0, 0.05) is 6.54 Å². The Morgan fingerprint density at radius 2 is 1.52 bits per heavy atom. The average Bonchev–Trinajstić information content (AvgIpc) is 3.61. The molecule has 0 spiro atoms. The zero-order valence-corrected chi connectivity index (χ0v) is 23.2. The van der Waals surface area contributed by atoms with Gasteiger partial charge in [-0.1, -0.05) is 30.3 Å². The number of hydrogen-bond acceptors (Lipinski definition) is 7. The van der Waals surface area contributed by atoms with Crippen LogP contribution in [0, 0.1) is 6.92 Å². The van der Waals surface area contributed by atoms with Crippen LogP contribution in [-0.2, 0) is 23.1 Å². The fourth-order valence-corrected chi connectivity index (χ4v) is 5.63. The molecule has 3 aromatic carbocycles. The minimum Gasteiger partial charge on any atom is -0.497 e. The summed E-state index contributed by atoms with van der Waals surface area (Å²) in [6.07, 6.45) is 1.52. The number of nitrogens with zero attached hydrogens (tertiary/aromatic N) is 3. The normalized spacial score (nSPS) is 11.5. The standard InChI is InChI=1S/C30H29N3O6S/c1-22-27(21-32(20-25-12-9-19-38-25)40(34,35)26-17-15-24(36-2)16-18-26)30(33(31-22)23-10-5-4-6-11-23)39-29-14-8-7-13-28(29)37-3/h4-19H,20-21H2,1-3H3. The first-order valence-corrected chi connectivity index (χ1v) is 14.0. The van der Waals surface area contributed by atoms with Gasteiger partial charge in [0.25, 0.3) is 0 Å². The summed E-state index contributed by atoms with van der Waals surface area (Å²) in [6.45, 7) is 1.80. The summed E-state index contributed by atoms with van der Waals surface area (Å²) < 4.78 is 53.7. The molecule has 2 aromatic heterocycles. The first kappa shape index (κ1) is 27.0. The fourth-order valence-electron chi connectivity index (χ4n) is 4.25. The van der Waals surface area contributed by atoms with E-state index < -0.39 is 10.0 Å². The molecular formula is C30H29N3O6S. The molecule has 5 aromatic rings. The minimum absolute atomic E-state index is 0.00537. The highest BCUT2D eigenvalue weighted by atomic mass is 32.2. The molecule has 0 aliphatic heterocycles. The van der Waals surface area contributed by atoms with Gasteiger partial charge in [-0.05, 0) is 67.6 Å². The molecule has 0 saturated carbocycles. The Morgan fingerprint density at radius 1 is 0.825 bits per heavy atom. The molecule has 206 valence electrons. The maximum atomic E-state index is 14.0. The zero-order valence-electron chi connectivity index (χ0n) is 22.4. The molecule has 0 bridgehead atoms. The van der Waals surface area contributed by atoms with Gasteiger partial charge in [0.15, 0.2) is 11.5 Å². The van der Waals surface area contributed by atoms with Crippen LogP contribution in [0.15, 0.2) is 107 Å². The van der Waals surface area contributed by atoms with Crippen LogP contribution in [-0.4, -0.2) is 36.7 Å². The number of benzene rings is 3. The van der Waals surface area contributed by atoms with Crippen molar-refractivity contribution in [1.29, 1.82) is 0 Å². The third-order valence-electron chi connectivity index (χ3n) is 6.36. The van der Waals surface area contributed by atoms with E-state index in [-0.39, 0.29) is 18.0 Å². The Kier molecular flexibility index (Phi) is 7.90. The number of rotatable bonds is 11. The lowest BCUT2D eigenvalue weighted by atomic mass is 10.2. The van der Waals surface area contributed by atoms with Crippen molar-refractivity contribution >= 4 is 10.0 Å². The number of ether oxygens (including phenoxy) is 3. The molecular weight excluding hydrogens is 530 g/mol. The van der Waals surface area contributed by atoms with E-state index in [0.717, 1.165) is 5.69 Å². The Hall–Kier alpha value is -4.54. The third-order valence-corrected chi connectivity index (χ3v) is 8.16. The van der Waals surface area contributed by atoms with Gasteiger partial charge in [-0.2, -0.15) is 9.40 Å². The number of furan rings is 1. The summed E-state index contributed by atoms with van der Waals surface area (Å²) in [5.41, 5.74) is 1.97. The van der Waals surface area contributed by atoms with E-state index in [1.165, 1.54) is 29.8 Å². The number of sulfonamides is 1. The van der Waals surface area contributed by atoms with Crippen LogP contribution in [0.5, 0.6) is 23.1 Å². The number of aryl methyl sites for hydroxylation is 1. The van der Waals surface area contributed by atoms with Crippen LogP contribution in [0.25, 0.3) is 5.69 Å². The van der Waals surface area contributed by atoms with Crippen LogP contribution >= 0.6 is 0 Å². The van der Waals surface area contributed by atoms with Crippen molar-refractivity contribution in [3.05, 3.63) is 114 Å². The van der Waals surface area contributed by atoms with Gasteiger partial charge in [0.2, 0.25) is 15.9 Å². The Morgan fingerprint density at radius 3 is 2.17 bits per heavy atom. The predicted octanol–water partition coefficient (Wildman–Crippen LogP) is 5.97. The van der Waals surface area contributed by atoms with Gasteiger partial charge in [-0.3, -0.25) is 0 Å². The van der Waals surface area contributed by atoms with Crippen molar-refractivity contribution in [3.63, 3.8) is 0 Å². The zero-order chi connectivity index (χ0) is 28.1. The van der Waals surface area contributed by atoms with Gasteiger partial charge >= 0.3 is 0 Å². The van der Waals surface area contributed by atoms with E-state index in [0.29, 0.717) is 40.1 Å². The highest BCUT2D eigenvalue weighted by molar-refractivity contribution is 7.89. The van der Waals surface area contributed by atoms with Crippen molar-refractivity contribution in [2.75, 3.05) is 14.2 Å². The molecule has 0 aliphatic carbocycles. The molecule has 5 rings (SSSR count). The second-order valence-corrected chi connectivity index (χ2v) is 10.8. The summed E-state index contributed by atoms with van der Waals surface area (Å²) in [5.74, 6) is 2.44. The Bertz CT molecular complexity index is 1660. The third kappa shape index (κ3) is 5.58. The van der Waals surface area contributed by atoms with Crippen molar-refractivity contribution in [2.45, 2.75) is 24.9 Å². The van der Waals surface area contributed by atoms with E-state index in [2.05, 4.69) is 0 Å². The summed E-state index contributed by atoms with van der Waals surface area (Å²) in [4.78, 5) is 0.125. The molecule has 0 radical (unpaired) electrons. The second-order valence-electron chi connectivity index (χ2n) is 8.90. The van der Waals surface area contributed by atoms with E-state index in [9.17, 15) is 8.42 Å². The van der Waals surface area contributed by atoms with Crippen LogP contribution in [0.3, 0.4) is 0 Å². The lowest BCUT2D eigenvalue weighted by molar-refractivity contribution is 0.345. The van der Waals surface area contributed by atoms with Crippen LogP contribution in [0.2, 0.25) is 0 Å². The largest absolute Gasteiger partial charge is 0.497 e. The molecule has 0 amide bonds. The van der Waals surface area contributed by atoms with Crippen molar-refractivity contribution in [1.82, 2.24) is 14.1 Å². The fraction of sp³-hybridized carbons (Fsp3) is 0.167. The molecule has 2 heterocycles. The molecule has 10 heteroatoms. The molecule has 0 N–H and O–H groups in total. The molecule has 40 heavy (non-hydrogen) atoms. The summed E-state index contributed by atoms with van der Waals surface area (Å²) in [5, 5.41) is 4.75. The number of para-hydroxylation sites is 3. The van der Waals surface area contributed by atoms with E-state index in [1.54, 1.807) is 48.2 Å². The number of aromatic nitrogens is 2. The lowest BCUT2D eigenvalue weighted by Crippen LogP contribution is -2.30. The first-order chi connectivity index (χ1) is 19.4. The number of methoxy groups -OCH3 is 2. The molecule has 0 fully saturated rings. The summed E-state index contributed by atoms with van der Waals surface area (Å²) in [7, 11) is -0.879. The number of hydrogen-bond donors (Lipinski definition) is 0. The van der Waals surface area contributed by atoms with Crippen molar-refractivity contribution in [3.8, 4) is 28.8 Å². The monoisotopic (exact) mass is 559 g/mol. The topological polar surface area (TPSA) is 96.0 Å². The van der Waals surface area contributed by atoms with Crippen LogP contribution in [0.1, 0.15) is 17.0 Å². The second kappa shape index (κ2) is 11.7. The quantitative estimate of drug-likeness (QED) is 0.197. The molecule has 0 aliphatic rings.